The average Bonchev–Trinajstić information content (AvgIpc) is 2.71. The summed E-state index contributed by atoms with van der Waals surface area (Å²) in [6.45, 7) is 5.27. The lowest BCUT2D eigenvalue weighted by Gasteiger charge is -2.06. The number of hydrogen-bond acceptors (Lipinski definition) is 1. The topological polar surface area (TPSA) is 17.8 Å². The Balaban J connectivity index is 2.11. The van der Waals surface area contributed by atoms with Crippen molar-refractivity contribution in [2.75, 3.05) is 0 Å². The van der Waals surface area contributed by atoms with E-state index in [4.69, 9.17) is 0 Å². The smallest absolute Gasteiger partial charge is 0.0659 e. The van der Waals surface area contributed by atoms with Crippen LogP contribution in [0.5, 0.6) is 0 Å². The maximum Gasteiger partial charge on any atom is 0.0659 e. The lowest BCUT2D eigenvalue weighted by atomic mass is 10.0. The molecule has 1 aromatic heterocycles. The first kappa shape index (κ1) is 9.97. The molecule has 2 aromatic rings. The lowest BCUT2D eigenvalue weighted by Crippen LogP contribution is -1.99. The Labute approximate surface area is 90.6 Å². The van der Waals surface area contributed by atoms with Gasteiger partial charge in [-0.05, 0) is 23.1 Å². The van der Waals surface area contributed by atoms with E-state index in [0.29, 0.717) is 5.92 Å². The van der Waals surface area contributed by atoms with Crippen LogP contribution in [-0.2, 0) is 6.54 Å². The molecule has 0 unspecified atom stereocenters. The minimum atomic E-state index is 0.601. The number of rotatable bonds is 3. The van der Waals surface area contributed by atoms with Gasteiger partial charge >= 0.3 is 0 Å². The summed E-state index contributed by atoms with van der Waals surface area (Å²) in [4.78, 5) is 0. The third-order valence-corrected chi connectivity index (χ3v) is 2.55. The summed E-state index contributed by atoms with van der Waals surface area (Å²) in [5.74, 6) is 0.601. The summed E-state index contributed by atoms with van der Waals surface area (Å²) in [6, 6.07) is 10.7. The molecule has 0 saturated carbocycles. The van der Waals surface area contributed by atoms with Gasteiger partial charge in [-0.3, -0.25) is 4.68 Å². The molecule has 0 spiro atoms. The standard InChI is InChI=1S/C13H16N2/c1-11(2)13-6-4-12(5-7-13)10-15-9-3-8-14-15/h3-9,11H,10H2,1-2H3. The van der Waals surface area contributed by atoms with Crippen LogP contribution in [0.2, 0.25) is 0 Å². The van der Waals surface area contributed by atoms with E-state index in [-0.39, 0.29) is 0 Å². The molecule has 0 bridgehead atoms. The molecule has 15 heavy (non-hydrogen) atoms. The zero-order chi connectivity index (χ0) is 10.7. The third kappa shape index (κ3) is 2.46. The van der Waals surface area contributed by atoms with E-state index >= 15 is 0 Å². The van der Waals surface area contributed by atoms with Crippen LogP contribution in [0.25, 0.3) is 0 Å². The van der Waals surface area contributed by atoms with Crippen LogP contribution in [0.3, 0.4) is 0 Å². The summed E-state index contributed by atoms with van der Waals surface area (Å²) in [5.41, 5.74) is 2.68. The van der Waals surface area contributed by atoms with Crippen molar-refractivity contribution in [3.63, 3.8) is 0 Å². The van der Waals surface area contributed by atoms with E-state index in [2.05, 4.69) is 43.2 Å². The molecule has 2 heteroatoms. The molecule has 0 amide bonds. The first-order valence-corrected chi connectivity index (χ1v) is 5.32. The van der Waals surface area contributed by atoms with E-state index in [1.165, 1.54) is 11.1 Å². The Bertz CT molecular complexity index is 399. The van der Waals surface area contributed by atoms with Crippen molar-refractivity contribution in [2.45, 2.75) is 26.3 Å². The number of benzene rings is 1. The SMILES string of the molecule is CC(C)c1ccc(Cn2cccn2)cc1. The molecule has 1 heterocycles. The molecule has 2 rings (SSSR count). The van der Waals surface area contributed by atoms with Crippen LogP contribution in [0.4, 0.5) is 0 Å². The van der Waals surface area contributed by atoms with Gasteiger partial charge in [0.2, 0.25) is 0 Å². The molecule has 2 nitrogen and oxygen atoms in total. The monoisotopic (exact) mass is 200 g/mol. The summed E-state index contributed by atoms with van der Waals surface area (Å²) in [5, 5.41) is 4.19. The minimum Gasteiger partial charge on any atom is -0.268 e. The van der Waals surface area contributed by atoms with Crippen LogP contribution in [-0.4, -0.2) is 9.78 Å². The molecule has 0 atom stereocenters. The summed E-state index contributed by atoms with van der Waals surface area (Å²) >= 11 is 0. The fourth-order valence-electron chi connectivity index (χ4n) is 1.59. The Kier molecular flexibility index (Phi) is 2.86. The predicted molar refractivity (Wildman–Crippen MR) is 61.9 cm³/mol. The second-order valence-corrected chi connectivity index (χ2v) is 4.10. The minimum absolute atomic E-state index is 0.601. The van der Waals surface area contributed by atoms with Crippen molar-refractivity contribution in [1.82, 2.24) is 9.78 Å². The van der Waals surface area contributed by atoms with Crippen molar-refractivity contribution >= 4 is 0 Å². The van der Waals surface area contributed by atoms with Crippen molar-refractivity contribution in [2.24, 2.45) is 0 Å². The Morgan fingerprint density at radius 3 is 2.47 bits per heavy atom. The van der Waals surface area contributed by atoms with Crippen LogP contribution < -0.4 is 0 Å². The average molecular weight is 200 g/mol. The maximum absolute atomic E-state index is 4.19. The van der Waals surface area contributed by atoms with Crippen LogP contribution >= 0.6 is 0 Å². The van der Waals surface area contributed by atoms with Gasteiger partial charge in [-0.15, -0.1) is 0 Å². The van der Waals surface area contributed by atoms with E-state index < -0.39 is 0 Å². The van der Waals surface area contributed by atoms with Gasteiger partial charge in [0.05, 0.1) is 6.54 Å². The van der Waals surface area contributed by atoms with Gasteiger partial charge in [-0.1, -0.05) is 38.1 Å². The van der Waals surface area contributed by atoms with Crippen LogP contribution in [0, 0.1) is 0 Å². The maximum atomic E-state index is 4.19. The van der Waals surface area contributed by atoms with Crippen molar-refractivity contribution < 1.29 is 0 Å². The van der Waals surface area contributed by atoms with Gasteiger partial charge in [-0.25, -0.2) is 0 Å². The molecule has 0 aliphatic heterocycles. The highest BCUT2D eigenvalue weighted by atomic mass is 15.3. The zero-order valence-electron chi connectivity index (χ0n) is 9.22. The third-order valence-electron chi connectivity index (χ3n) is 2.55. The van der Waals surface area contributed by atoms with Gasteiger partial charge in [0.15, 0.2) is 0 Å². The summed E-state index contributed by atoms with van der Waals surface area (Å²) < 4.78 is 1.93. The van der Waals surface area contributed by atoms with Crippen molar-refractivity contribution in [3.05, 3.63) is 53.9 Å². The van der Waals surface area contributed by atoms with E-state index in [9.17, 15) is 0 Å². The molecule has 0 fully saturated rings. The fourth-order valence-corrected chi connectivity index (χ4v) is 1.59. The molecule has 0 saturated heterocycles. The Hall–Kier alpha value is -1.57. The Morgan fingerprint density at radius 1 is 1.20 bits per heavy atom. The van der Waals surface area contributed by atoms with E-state index in [0.717, 1.165) is 6.54 Å². The highest BCUT2D eigenvalue weighted by Crippen LogP contribution is 2.14. The van der Waals surface area contributed by atoms with Gasteiger partial charge in [-0.2, -0.15) is 5.10 Å². The van der Waals surface area contributed by atoms with Gasteiger partial charge in [0.25, 0.3) is 0 Å². The Morgan fingerprint density at radius 2 is 1.93 bits per heavy atom. The summed E-state index contributed by atoms with van der Waals surface area (Å²) in [6.07, 6.45) is 3.79. The molecular weight excluding hydrogens is 184 g/mol. The molecule has 1 aromatic carbocycles. The number of nitrogens with zero attached hydrogens (tertiary/aromatic N) is 2. The first-order chi connectivity index (χ1) is 7.25. The zero-order valence-corrected chi connectivity index (χ0v) is 9.22. The lowest BCUT2D eigenvalue weighted by molar-refractivity contribution is 0.686. The van der Waals surface area contributed by atoms with Crippen LogP contribution in [0.15, 0.2) is 42.7 Å². The molecule has 0 aliphatic carbocycles. The number of hydrogen-bond donors (Lipinski definition) is 0. The van der Waals surface area contributed by atoms with Gasteiger partial charge in [0.1, 0.15) is 0 Å². The summed E-state index contributed by atoms with van der Waals surface area (Å²) in [7, 11) is 0. The molecule has 0 radical (unpaired) electrons. The van der Waals surface area contributed by atoms with Gasteiger partial charge in [0, 0.05) is 12.4 Å². The van der Waals surface area contributed by atoms with Crippen molar-refractivity contribution in [3.8, 4) is 0 Å². The first-order valence-electron chi connectivity index (χ1n) is 5.32. The van der Waals surface area contributed by atoms with Crippen molar-refractivity contribution in [1.29, 1.82) is 0 Å². The second kappa shape index (κ2) is 4.30. The molecular formula is C13H16N2. The highest BCUT2D eigenvalue weighted by molar-refractivity contribution is 5.24. The predicted octanol–water partition coefficient (Wildman–Crippen LogP) is 3.05. The fraction of sp³-hybridized carbons (Fsp3) is 0.308. The second-order valence-electron chi connectivity index (χ2n) is 4.10. The number of aromatic nitrogens is 2. The highest BCUT2D eigenvalue weighted by Gasteiger charge is 1.99. The molecule has 78 valence electrons. The largest absolute Gasteiger partial charge is 0.268 e. The van der Waals surface area contributed by atoms with Gasteiger partial charge < -0.3 is 0 Å². The quantitative estimate of drug-likeness (QED) is 0.744. The molecule has 0 aliphatic rings. The van der Waals surface area contributed by atoms with E-state index in [1.807, 2.05) is 23.1 Å². The van der Waals surface area contributed by atoms with Crippen LogP contribution in [0.1, 0.15) is 30.9 Å². The van der Waals surface area contributed by atoms with E-state index in [1.54, 1.807) is 0 Å². The normalized spacial score (nSPS) is 10.9. The molecule has 0 N–H and O–H groups in total.